The standard InChI is InChI=1S/C18H17F2N3O2/c1-2-25-10-9-23-16-6-4-3-5-13(16)17(18(23)24)22-21-15-8-7-12(19)11-14(15)20/h3-8,11,24H,2,9-10H2,1H3. The maximum absolute atomic E-state index is 13.7. The van der Waals surface area contributed by atoms with E-state index in [1.54, 1.807) is 10.6 Å². The number of aromatic nitrogens is 1. The largest absolute Gasteiger partial charge is 0.493 e. The molecule has 0 unspecified atom stereocenters. The van der Waals surface area contributed by atoms with Gasteiger partial charge in [0.15, 0.2) is 11.5 Å². The molecule has 130 valence electrons. The van der Waals surface area contributed by atoms with Crippen LogP contribution in [-0.2, 0) is 11.3 Å². The van der Waals surface area contributed by atoms with Gasteiger partial charge in [0.05, 0.1) is 12.1 Å². The van der Waals surface area contributed by atoms with E-state index in [1.807, 2.05) is 25.1 Å². The summed E-state index contributed by atoms with van der Waals surface area (Å²) in [5.41, 5.74) is 0.899. The van der Waals surface area contributed by atoms with Crippen LogP contribution in [0.1, 0.15) is 6.92 Å². The maximum atomic E-state index is 13.7. The minimum atomic E-state index is -0.816. The first-order valence-corrected chi connectivity index (χ1v) is 7.86. The molecule has 0 aliphatic heterocycles. The Kier molecular flexibility index (Phi) is 5.04. The van der Waals surface area contributed by atoms with Crippen molar-refractivity contribution in [2.24, 2.45) is 10.2 Å². The molecule has 2 aromatic carbocycles. The molecule has 0 amide bonds. The predicted octanol–water partition coefficient (Wildman–Crippen LogP) is 5.08. The van der Waals surface area contributed by atoms with Crippen molar-refractivity contribution >= 4 is 22.3 Å². The molecular weight excluding hydrogens is 328 g/mol. The van der Waals surface area contributed by atoms with Gasteiger partial charge in [0.1, 0.15) is 11.5 Å². The zero-order valence-corrected chi connectivity index (χ0v) is 13.6. The highest BCUT2D eigenvalue weighted by molar-refractivity contribution is 5.95. The monoisotopic (exact) mass is 345 g/mol. The van der Waals surface area contributed by atoms with Crippen LogP contribution in [0.15, 0.2) is 52.7 Å². The molecule has 0 aliphatic rings. The molecule has 1 N–H and O–H groups in total. The Morgan fingerprint density at radius 3 is 2.68 bits per heavy atom. The second-order valence-corrected chi connectivity index (χ2v) is 5.33. The molecule has 0 aliphatic carbocycles. The fourth-order valence-electron chi connectivity index (χ4n) is 2.56. The van der Waals surface area contributed by atoms with Crippen LogP contribution < -0.4 is 0 Å². The van der Waals surface area contributed by atoms with Gasteiger partial charge in [-0.2, -0.15) is 0 Å². The van der Waals surface area contributed by atoms with Crippen molar-refractivity contribution in [3.05, 3.63) is 54.1 Å². The lowest BCUT2D eigenvalue weighted by molar-refractivity contribution is 0.138. The third kappa shape index (κ3) is 3.51. The number of hydrogen-bond acceptors (Lipinski definition) is 4. The topological polar surface area (TPSA) is 59.1 Å². The highest BCUT2D eigenvalue weighted by Crippen LogP contribution is 2.39. The summed E-state index contributed by atoms with van der Waals surface area (Å²) in [5, 5.41) is 19.0. The van der Waals surface area contributed by atoms with Crippen molar-refractivity contribution in [1.29, 1.82) is 0 Å². The van der Waals surface area contributed by atoms with E-state index >= 15 is 0 Å². The van der Waals surface area contributed by atoms with E-state index in [0.29, 0.717) is 25.1 Å². The molecule has 3 aromatic rings. The lowest BCUT2D eigenvalue weighted by Gasteiger charge is -2.06. The van der Waals surface area contributed by atoms with Crippen LogP contribution in [0.3, 0.4) is 0 Å². The fourth-order valence-corrected chi connectivity index (χ4v) is 2.56. The van der Waals surface area contributed by atoms with Gasteiger partial charge in [0.25, 0.3) is 0 Å². The molecular formula is C18H17F2N3O2. The van der Waals surface area contributed by atoms with Gasteiger partial charge < -0.3 is 14.4 Å². The number of hydrogen-bond donors (Lipinski definition) is 1. The van der Waals surface area contributed by atoms with Crippen LogP contribution in [-0.4, -0.2) is 22.9 Å². The summed E-state index contributed by atoms with van der Waals surface area (Å²) in [6, 6.07) is 10.3. The van der Waals surface area contributed by atoms with E-state index in [-0.39, 0.29) is 17.3 Å². The molecule has 0 saturated carbocycles. The summed E-state index contributed by atoms with van der Waals surface area (Å²) in [5.74, 6) is -1.58. The Balaban J connectivity index is 2.00. The molecule has 7 heteroatoms. The molecule has 3 rings (SSSR count). The normalized spacial score (nSPS) is 11.6. The molecule has 1 aromatic heterocycles. The number of rotatable bonds is 6. The Hall–Kier alpha value is -2.80. The number of benzene rings is 2. The first kappa shape index (κ1) is 17.0. The van der Waals surface area contributed by atoms with E-state index in [0.717, 1.165) is 17.6 Å². The summed E-state index contributed by atoms with van der Waals surface area (Å²) >= 11 is 0. The third-order valence-electron chi connectivity index (χ3n) is 3.75. The van der Waals surface area contributed by atoms with Crippen LogP contribution in [0.5, 0.6) is 5.88 Å². The zero-order valence-electron chi connectivity index (χ0n) is 13.6. The molecule has 0 atom stereocenters. The number of para-hydroxylation sites is 1. The van der Waals surface area contributed by atoms with Crippen molar-refractivity contribution in [2.75, 3.05) is 13.2 Å². The Morgan fingerprint density at radius 1 is 1.12 bits per heavy atom. The van der Waals surface area contributed by atoms with Gasteiger partial charge in [0, 0.05) is 24.6 Å². The average Bonchev–Trinajstić information content (AvgIpc) is 2.87. The second-order valence-electron chi connectivity index (χ2n) is 5.33. The van der Waals surface area contributed by atoms with Gasteiger partial charge >= 0.3 is 0 Å². The van der Waals surface area contributed by atoms with Gasteiger partial charge in [0.2, 0.25) is 5.88 Å². The maximum Gasteiger partial charge on any atom is 0.220 e. The SMILES string of the molecule is CCOCCn1c(O)c(N=Nc2ccc(F)cc2F)c2ccccc21. The Labute approximate surface area is 143 Å². The van der Waals surface area contributed by atoms with Gasteiger partial charge in [-0.3, -0.25) is 0 Å². The first-order valence-electron chi connectivity index (χ1n) is 7.86. The van der Waals surface area contributed by atoms with Crippen molar-refractivity contribution in [3.8, 4) is 5.88 Å². The molecule has 0 spiro atoms. The average molecular weight is 345 g/mol. The summed E-state index contributed by atoms with van der Waals surface area (Å²) in [7, 11) is 0. The summed E-state index contributed by atoms with van der Waals surface area (Å²) < 4.78 is 33.7. The first-order chi connectivity index (χ1) is 12.1. The van der Waals surface area contributed by atoms with Crippen LogP contribution in [0, 0.1) is 11.6 Å². The molecule has 0 saturated heterocycles. The molecule has 1 heterocycles. The fraction of sp³-hybridized carbons (Fsp3) is 0.222. The molecule has 0 bridgehead atoms. The Morgan fingerprint density at radius 2 is 1.92 bits per heavy atom. The van der Waals surface area contributed by atoms with E-state index in [4.69, 9.17) is 4.74 Å². The summed E-state index contributed by atoms with van der Waals surface area (Å²) in [4.78, 5) is 0. The number of ether oxygens (including phenoxy) is 1. The number of nitrogens with zero attached hydrogens (tertiary/aromatic N) is 3. The van der Waals surface area contributed by atoms with E-state index in [9.17, 15) is 13.9 Å². The molecule has 25 heavy (non-hydrogen) atoms. The number of azo groups is 1. The van der Waals surface area contributed by atoms with Crippen LogP contribution >= 0.6 is 0 Å². The number of halogens is 2. The third-order valence-corrected chi connectivity index (χ3v) is 3.75. The van der Waals surface area contributed by atoms with E-state index in [2.05, 4.69) is 10.2 Å². The quantitative estimate of drug-likeness (QED) is 0.500. The van der Waals surface area contributed by atoms with Crippen molar-refractivity contribution in [1.82, 2.24) is 4.57 Å². The summed E-state index contributed by atoms with van der Waals surface area (Å²) in [6.45, 7) is 3.35. The van der Waals surface area contributed by atoms with Crippen molar-refractivity contribution in [2.45, 2.75) is 13.5 Å². The van der Waals surface area contributed by atoms with Crippen molar-refractivity contribution < 1.29 is 18.6 Å². The van der Waals surface area contributed by atoms with Crippen LogP contribution in [0.2, 0.25) is 0 Å². The highest BCUT2D eigenvalue weighted by Gasteiger charge is 2.16. The van der Waals surface area contributed by atoms with Gasteiger partial charge in [-0.1, -0.05) is 18.2 Å². The highest BCUT2D eigenvalue weighted by atomic mass is 19.1. The Bertz CT molecular complexity index is 922. The van der Waals surface area contributed by atoms with E-state index < -0.39 is 11.6 Å². The smallest absolute Gasteiger partial charge is 0.220 e. The second kappa shape index (κ2) is 7.40. The minimum absolute atomic E-state index is 0.0767. The minimum Gasteiger partial charge on any atom is -0.493 e. The zero-order chi connectivity index (χ0) is 17.8. The molecule has 5 nitrogen and oxygen atoms in total. The van der Waals surface area contributed by atoms with Gasteiger partial charge in [-0.05, 0) is 25.1 Å². The van der Waals surface area contributed by atoms with Gasteiger partial charge in [-0.15, -0.1) is 10.2 Å². The number of fused-ring (bicyclic) bond motifs is 1. The predicted molar refractivity (Wildman–Crippen MR) is 90.6 cm³/mol. The van der Waals surface area contributed by atoms with Crippen molar-refractivity contribution in [3.63, 3.8) is 0 Å². The molecule has 0 radical (unpaired) electrons. The van der Waals surface area contributed by atoms with Crippen LogP contribution in [0.4, 0.5) is 20.2 Å². The van der Waals surface area contributed by atoms with Gasteiger partial charge in [-0.25, -0.2) is 8.78 Å². The molecule has 0 fully saturated rings. The lowest BCUT2D eigenvalue weighted by atomic mass is 10.2. The van der Waals surface area contributed by atoms with Crippen LogP contribution in [0.25, 0.3) is 10.9 Å². The lowest BCUT2D eigenvalue weighted by Crippen LogP contribution is -2.05. The number of aromatic hydroxyl groups is 1. The summed E-state index contributed by atoms with van der Waals surface area (Å²) in [6.07, 6.45) is 0. The van der Waals surface area contributed by atoms with E-state index in [1.165, 1.54) is 6.07 Å².